The van der Waals surface area contributed by atoms with Gasteiger partial charge in [-0.25, -0.2) is 0 Å². The van der Waals surface area contributed by atoms with Crippen LogP contribution in [0, 0.1) is 0 Å². The minimum absolute atomic E-state index is 0.0456. The molecule has 0 heterocycles. The fraction of sp³-hybridized carbons (Fsp3) is 1.00. The Morgan fingerprint density at radius 1 is 1.36 bits per heavy atom. The van der Waals surface area contributed by atoms with Crippen LogP contribution in [0.4, 0.5) is 0 Å². The number of alkyl halides is 1. The molecule has 1 unspecified atom stereocenters. The van der Waals surface area contributed by atoms with Crippen molar-refractivity contribution >= 4 is 21.8 Å². The molecule has 0 aromatic heterocycles. The van der Waals surface area contributed by atoms with Gasteiger partial charge in [0.05, 0.1) is 0 Å². The van der Waals surface area contributed by atoms with Gasteiger partial charge in [-0.2, -0.15) is 17.4 Å². The minimum atomic E-state index is -3.36. The highest BCUT2D eigenvalue weighted by Gasteiger charge is 2.21. The highest BCUT2D eigenvalue weighted by molar-refractivity contribution is 7.87. The zero-order valence-corrected chi connectivity index (χ0v) is 10.7. The van der Waals surface area contributed by atoms with E-state index >= 15 is 0 Å². The standard InChI is InChI=1S/C8H19ClN2O2S/c1-7(2)11(4)14(12,13)10-8(3)5-6-9/h7-8,10H,5-6H2,1-4H3. The quantitative estimate of drug-likeness (QED) is 0.711. The zero-order valence-electron chi connectivity index (χ0n) is 9.12. The molecule has 0 rings (SSSR count). The Bertz CT molecular complexity index is 254. The molecule has 0 saturated heterocycles. The molecule has 0 aromatic rings. The zero-order chi connectivity index (χ0) is 11.4. The van der Waals surface area contributed by atoms with E-state index in [1.807, 2.05) is 13.8 Å². The molecular formula is C8H19ClN2O2S. The van der Waals surface area contributed by atoms with Crippen LogP contribution in [-0.4, -0.2) is 37.7 Å². The van der Waals surface area contributed by atoms with Crippen LogP contribution in [0.3, 0.4) is 0 Å². The summed E-state index contributed by atoms with van der Waals surface area (Å²) in [5.41, 5.74) is 0. The van der Waals surface area contributed by atoms with E-state index in [9.17, 15) is 8.42 Å². The summed E-state index contributed by atoms with van der Waals surface area (Å²) in [5.74, 6) is 0.453. The van der Waals surface area contributed by atoms with E-state index in [4.69, 9.17) is 11.6 Å². The van der Waals surface area contributed by atoms with Crippen molar-refractivity contribution in [2.24, 2.45) is 0 Å². The molecule has 0 saturated carbocycles. The van der Waals surface area contributed by atoms with Crippen molar-refractivity contribution in [1.29, 1.82) is 0 Å². The topological polar surface area (TPSA) is 49.4 Å². The van der Waals surface area contributed by atoms with E-state index in [0.717, 1.165) is 0 Å². The predicted molar refractivity (Wildman–Crippen MR) is 59.8 cm³/mol. The van der Waals surface area contributed by atoms with E-state index < -0.39 is 10.2 Å². The molecule has 86 valence electrons. The summed E-state index contributed by atoms with van der Waals surface area (Å²) in [5, 5.41) is 0. The maximum Gasteiger partial charge on any atom is 0.279 e. The summed E-state index contributed by atoms with van der Waals surface area (Å²) < 4.78 is 27.1. The molecule has 0 aromatic carbocycles. The Morgan fingerprint density at radius 3 is 2.21 bits per heavy atom. The monoisotopic (exact) mass is 242 g/mol. The van der Waals surface area contributed by atoms with Gasteiger partial charge in [-0.15, -0.1) is 11.6 Å². The molecule has 0 aliphatic rings. The van der Waals surface area contributed by atoms with Crippen LogP contribution in [0.2, 0.25) is 0 Å². The van der Waals surface area contributed by atoms with Crippen LogP contribution in [-0.2, 0) is 10.2 Å². The van der Waals surface area contributed by atoms with Crippen molar-refractivity contribution in [3.63, 3.8) is 0 Å². The Balaban J connectivity index is 4.34. The smallest absolute Gasteiger partial charge is 0.199 e. The number of nitrogens with zero attached hydrogens (tertiary/aromatic N) is 1. The molecule has 14 heavy (non-hydrogen) atoms. The van der Waals surface area contributed by atoms with Crippen molar-refractivity contribution in [2.45, 2.75) is 39.3 Å². The van der Waals surface area contributed by atoms with Crippen LogP contribution in [0.5, 0.6) is 0 Å². The van der Waals surface area contributed by atoms with Crippen LogP contribution in [0.25, 0.3) is 0 Å². The van der Waals surface area contributed by atoms with Crippen LogP contribution >= 0.6 is 11.6 Å². The number of hydrogen-bond donors (Lipinski definition) is 1. The summed E-state index contributed by atoms with van der Waals surface area (Å²) in [6.07, 6.45) is 0.632. The molecule has 0 radical (unpaired) electrons. The average molecular weight is 243 g/mol. The van der Waals surface area contributed by atoms with Gasteiger partial charge >= 0.3 is 0 Å². The summed E-state index contributed by atoms with van der Waals surface area (Å²) in [4.78, 5) is 0. The lowest BCUT2D eigenvalue weighted by Gasteiger charge is -2.23. The average Bonchev–Trinajstić information content (AvgIpc) is 2.02. The van der Waals surface area contributed by atoms with Gasteiger partial charge in [0, 0.05) is 25.0 Å². The Hall–Kier alpha value is 0.160. The third kappa shape index (κ3) is 4.59. The van der Waals surface area contributed by atoms with Crippen molar-refractivity contribution in [3.8, 4) is 0 Å². The fourth-order valence-electron chi connectivity index (χ4n) is 0.838. The second-order valence-corrected chi connectivity index (χ2v) is 5.75. The van der Waals surface area contributed by atoms with E-state index in [1.165, 1.54) is 4.31 Å². The summed E-state index contributed by atoms with van der Waals surface area (Å²) in [6.45, 7) is 5.45. The van der Waals surface area contributed by atoms with Crippen LogP contribution < -0.4 is 4.72 Å². The van der Waals surface area contributed by atoms with Gasteiger partial charge < -0.3 is 0 Å². The lowest BCUT2D eigenvalue weighted by atomic mass is 10.3. The Morgan fingerprint density at radius 2 is 1.86 bits per heavy atom. The normalized spacial score (nSPS) is 15.1. The van der Waals surface area contributed by atoms with Gasteiger partial charge in [-0.05, 0) is 27.2 Å². The highest BCUT2D eigenvalue weighted by Crippen LogP contribution is 2.03. The molecule has 0 aliphatic carbocycles. The summed E-state index contributed by atoms with van der Waals surface area (Å²) in [7, 11) is -1.80. The van der Waals surface area contributed by atoms with E-state index in [-0.39, 0.29) is 12.1 Å². The lowest BCUT2D eigenvalue weighted by molar-refractivity contribution is 0.396. The molecular weight excluding hydrogens is 224 g/mol. The molecule has 1 atom stereocenters. The number of nitrogens with one attached hydrogen (secondary N) is 1. The maximum absolute atomic E-state index is 11.6. The molecule has 0 fully saturated rings. The van der Waals surface area contributed by atoms with Crippen molar-refractivity contribution in [3.05, 3.63) is 0 Å². The molecule has 0 aliphatic heterocycles. The Kier molecular flexibility index (Phi) is 5.97. The number of halogens is 1. The van der Waals surface area contributed by atoms with Gasteiger partial charge in [-0.1, -0.05) is 0 Å². The lowest BCUT2D eigenvalue weighted by Crippen LogP contribution is -2.45. The van der Waals surface area contributed by atoms with Crippen molar-refractivity contribution in [1.82, 2.24) is 9.03 Å². The summed E-state index contributed by atoms with van der Waals surface area (Å²) in [6, 6.07) is -0.172. The van der Waals surface area contributed by atoms with E-state index in [2.05, 4.69) is 4.72 Å². The van der Waals surface area contributed by atoms with Gasteiger partial charge in [0.2, 0.25) is 0 Å². The minimum Gasteiger partial charge on any atom is -0.199 e. The second-order valence-electron chi connectivity index (χ2n) is 3.61. The third-order valence-electron chi connectivity index (χ3n) is 2.00. The molecule has 4 nitrogen and oxygen atoms in total. The second kappa shape index (κ2) is 5.90. The fourth-order valence-corrected chi connectivity index (χ4v) is 2.51. The first-order valence-corrected chi connectivity index (χ1v) is 6.60. The van der Waals surface area contributed by atoms with Gasteiger partial charge in [-0.3, -0.25) is 0 Å². The number of rotatable bonds is 6. The molecule has 0 amide bonds. The first-order chi connectivity index (χ1) is 6.31. The molecule has 1 N–H and O–H groups in total. The van der Waals surface area contributed by atoms with Gasteiger partial charge in [0.25, 0.3) is 10.2 Å². The third-order valence-corrected chi connectivity index (χ3v) is 4.10. The molecule has 6 heteroatoms. The van der Waals surface area contributed by atoms with Crippen molar-refractivity contribution in [2.75, 3.05) is 12.9 Å². The SMILES string of the molecule is CC(CCCl)NS(=O)(=O)N(C)C(C)C. The van der Waals surface area contributed by atoms with E-state index in [1.54, 1.807) is 14.0 Å². The summed E-state index contributed by atoms with van der Waals surface area (Å²) >= 11 is 5.52. The van der Waals surface area contributed by atoms with Crippen molar-refractivity contribution < 1.29 is 8.42 Å². The first kappa shape index (κ1) is 14.2. The van der Waals surface area contributed by atoms with Crippen LogP contribution in [0.15, 0.2) is 0 Å². The number of hydrogen-bond acceptors (Lipinski definition) is 2. The highest BCUT2D eigenvalue weighted by atomic mass is 35.5. The van der Waals surface area contributed by atoms with E-state index in [0.29, 0.717) is 12.3 Å². The molecule has 0 bridgehead atoms. The van der Waals surface area contributed by atoms with Gasteiger partial charge in [0.1, 0.15) is 0 Å². The maximum atomic E-state index is 11.6. The molecule has 0 spiro atoms. The first-order valence-electron chi connectivity index (χ1n) is 4.62. The van der Waals surface area contributed by atoms with Gasteiger partial charge in [0.15, 0.2) is 0 Å². The predicted octanol–water partition coefficient (Wildman–Crippen LogP) is 1.18. The Labute approximate surface area is 91.8 Å². The largest absolute Gasteiger partial charge is 0.279 e. The van der Waals surface area contributed by atoms with Crippen LogP contribution in [0.1, 0.15) is 27.2 Å².